The number of hydrogen-bond acceptors (Lipinski definition) is 4. The highest BCUT2D eigenvalue weighted by Gasteiger charge is 2.37. The summed E-state index contributed by atoms with van der Waals surface area (Å²) >= 11 is 0. The first kappa shape index (κ1) is 19.4. The smallest absolute Gasteiger partial charge is 0.340 e. The second-order valence-corrected chi connectivity index (χ2v) is 6.44. The molecule has 0 aromatic heterocycles. The number of benzene rings is 1. The van der Waals surface area contributed by atoms with Gasteiger partial charge in [0.25, 0.3) is 5.91 Å². The Morgan fingerprint density at radius 3 is 2.50 bits per heavy atom. The number of hydrogen-bond donors (Lipinski definition) is 1. The van der Waals surface area contributed by atoms with Crippen molar-refractivity contribution in [1.82, 2.24) is 4.90 Å². The Labute approximate surface area is 152 Å². The van der Waals surface area contributed by atoms with Crippen molar-refractivity contribution in [3.63, 3.8) is 0 Å². The fraction of sp³-hybridized carbons (Fsp3) is 0.350. The topological polar surface area (TPSA) is 83.9 Å². The second-order valence-electron chi connectivity index (χ2n) is 6.44. The number of aromatic carboxylic acids is 1. The Bertz CT molecular complexity index is 804. The SMILES string of the molecule is CCOC(=O)C1=C(C)N(CC(C)C)C(=O)/C1=C\c1ccccc1C(=O)O. The maximum atomic E-state index is 12.9. The van der Waals surface area contributed by atoms with Crippen molar-refractivity contribution in [2.45, 2.75) is 27.7 Å². The van der Waals surface area contributed by atoms with E-state index in [0.29, 0.717) is 17.8 Å². The van der Waals surface area contributed by atoms with Gasteiger partial charge in [0.1, 0.15) is 0 Å². The predicted octanol–water partition coefficient (Wildman–Crippen LogP) is 3.10. The lowest BCUT2D eigenvalue weighted by Gasteiger charge is -2.20. The van der Waals surface area contributed by atoms with Crippen LogP contribution in [-0.4, -0.2) is 41.0 Å². The predicted molar refractivity (Wildman–Crippen MR) is 97.3 cm³/mol. The van der Waals surface area contributed by atoms with Crippen LogP contribution in [0.2, 0.25) is 0 Å². The van der Waals surface area contributed by atoms with E-state index in [9.17, 15) is 19.5 Å². The van der Waals surface area contributed by atoms with Crippen LogP contribution in [0.25, 0.3) is 6.08 Å². The largest absolute Gasteiger partial charge is 0.478 e. The van der Waals surface area contributed by atoms with Gasteiger partial charge >= 0.3 is 11.9 Å². The molecule has 1 aromatic rings. The summed E-state index contributed by atoms with van der Waals surface area (Å²) in [7, 11) is 0. The van der Waals surface area contributed by atoms with Gasteiger partial charge in [0.15, 0.2) is 0 Å². The number of ether oxygens (including phenoxy) is 1. The third kappa shape index (κ3) is 3.85. The minimum Gasteiger partial charge on any atom is -0.478 e. The number of nitrogens with zero attached hydrogens (tertiary/aromatic N) is 1. The van der Waals surface area contributed by atoms with Crippen molar-refractivity contribution in [1.29, 1.82) is 0 Å². The summed E-state index contributed by atoms with van der Waals surface area (Å²) in [5, 5.41) is 9.36. The van der Waals surface area contributed by atoms with Gasteiger partial charge in [-0.3, -0.25) is 4.79 Å². The Hall–Kier alpha value is -2.89. The van der Waals surface area contributed by atoms with E-state index in [2.05, 4.69) is 0 Å². The summed E-state index contributed by atoms with van der Waals surface area (Å²) in [6.07, 6.45) is 1.46. The lowest BCUT2D eigenvalue weighted by atomic mass is 10.0. The number of carbonyl (C=O) groups excluding carboxylic acids is 2. The van der Waals surface area contributed by atoms with Gasteiger partial charge in [0.2, 0.25) is 0 Å². The Balaban J connectivity index is 2.59. The van der Waals surface area contributed by atoms with Gasteiger partial charge in [-0.25, -0.2) is 9.59 Å². The van der Waals surface area contributed by atoms with Crippen LogP contribution < -0.4 is 0 Å². The van der Waals surface area contributed by atoms with Gasteiger partial charge in [-0.1, -0.05) is 32.0 Å². The van der Waals surface area contributed by atoms with Crippen LogP contribution in [-0.2, 0) is 14.3 Å². The molecule has 0 atom stereocenters. The van der Waals surface area contributed by atoms with Gasteiger partial charge in [-0.15, -0.1) is 0 Å². The molecule has 0 unspecified atom stereocenters. The van der Waals surface area contributed by atoms with E-state index >= 15 is 0 Å². The molecule has 0 saturated carbocycles. The zero-order valence-electron chi connectivity index (χ0n) is 15.4. The third-order valence-corrected chi connectivity index (χ3v) is 4.03. The van der Waals surface area contributed by atoms with Crippen LogP contribution in [0.15, 0.2) is 41.1 Å². The second kappa shape index (κ2) is 7.99. The minimum absolute atomic E-state index is 0.0657. The molecule has 0 bridgehead atoms. The standard InChI is InChI=1S/C20H23NO5/c1-5-26-20(25)17-13(4)21(11-12(2)3)18(22)16(17)10-14-8-6-7-9-15(14)19(23)24/h6-10,12H,5,11H2,1-4H3,(H,23,24)/b16-10-. The first-order valence-electron chi connectivity index (χ1n) is 8.52. The highest BCUT2D eigenvalue weighted by Crippen LogP contribution is 2.32. The number of rotatable bonds is 6. The number of esters is 1. The van der Waals surface area contributed by atoms with E-state index in [1.807, 2.05) is 13.8 Å². The van der Waals surface area contributed by atoms with E-state index in [1.54, 1.807) is 36.9 Å². The van der Waals surface area contributed by atoms with Crippen LogP contribution in [0, 0.1) is 5.92 Å². The first-order valence-corrected chi connectivity index (χ1v) is 8.52. The van der Waals surface area contributed by atoms with E-state index in [-0.39, 0.29) is 35.1 Å². The molecule has 1 amide bonds. The summed E-state index contributed by atoms with van der Waals surface area (Å²) in [5.74, 6) is -1.79. The molecular weight excluding hydrogens is 334 g/mol. The van der Waals surface area contributed by atoms with Gasteiger partial charge in [-0.05, 0) is 37.5 Å². The molecule has 1 aromatic carbocycles. The van der Waals surface area contributed by atoms with Crippen molar-refractivity contribution in [2.24, 2.45) is 5.92 Å². The van der Waals surface area contributed by atoms with Gasteiger partial charge in [0, 0.05) is 12.2 Å². The maximum Gasteiger partial charge on any atom is 0.340 e. The van der Waals surface area contributed by atoms with E-state index in [4.69, 9.17) is 4.74 Å². The van der Waals surface area contributed by atoms with E-state index in [1.165, 1.54) is 12.1 Å². The van der Waals surface area contributed by atoms with Gasteiger partial charge in [0.05, 0.1) is 23.3 Å². The van der Waals surface area contributed by atoms with Crippen LogP contribution in [0.4, 0.5) is 0 Å². The molecular formula is C20H23NO5. The molecule has 2 rings (SSSR count). The molecule has 0 spiro atoms. The number of carboxylic acids is 1. The fourth-order valence-corrected chi connectivity index (χ4v) is 2.89. The molecule has 6 nitrogen and oxygen atoms in total. The van der Waals surface area contributed by atoms with Crippen LogP contribution in [0.1, 0.15) is 43.6 Å². The highest BCUT2D eigenvalue weighted by molar-refractivity contribution is 6.16. The van der Waals surface area contributed by atoms with Gasteiger partial charge in [-0.2, -0.15) is 0 Å². The molecule has 6 heteroatoms. The minimum atomic E-state index is -1.10. The summed E-state index contributed by atoms with van der Waals surface area (Å²) in [4.78, 5) is 38.3. The molecule has 1 heterocycles. The molecule has 138 valence electrons. The maximum absolute atomic E-state index is 12.9. The van der Waals surface area contributed by atoms with Crippen molar-refractivity contribution in [2.75, 3.05) is 13.2 Å². The Kier molecular flexibility index (Phi) is 5.97. The van der Waals surface area contributed by atoms with Crippen molar-refractivity contribution < 1.29 is 24.2 Å². The molecule has 1 N–H and O–H groups in total. The molecule has 0 radical (unpaired) electrons. The molecule has 26 heavy (non-hydrogen) atoms. The monoisotopic (exact) mass is 357 g/mol. The number of allylic oxidation sites excluding steroid dienone is 1. The average molecular weight is 357 g/mol. The van der Waals surface area contributed by atoms with Crippen molar-refractivity contribution in [3.05, 3.63) is 52.2 Å². The molecule has 1 aliphatic rings. The summed E-state index contributed by atoms with van der Waals surface area (Å²) < 4.78 is 5.11. The van der Waals surface area contributed by atoms with Crippen LogP contribution in [0.3, 0.4) is 0 Å². The van der Waals surface area contributed by atoms with Crippen LogP contribution >= 0.6 is 0 Å². The lowest BCUT2D eigenvalue weighted by molar-refractivity contribution is -0.138. The number of amides is 1. The zero-order chi connectivity index (χ0) is 19.4. The zero-order valence-corrected chi connectivity index (χ0v) is 15.4. The summed E-state index contributed by atoms with van der Waals surface area (Å²) in [6, 6.07) is 6.36. The Morgan fingerprint density at radius 2 is 1.92 bits per heavy atom. The van der Waals surface area contributed by atoms with E-state index in [0.717, 1.165) is 0 Å². The summed E-state index contributed by atoms with van der Waals surface area (Å²) in [6.45, 7) is 8.01. The molecule has 1 aliphatic heterocycles. The summed E-state index contributed by atoms with van der Waals surface area (Å²) in [5.41, 5.74) is 1.31. The quantitative estimate of drug-likeness (QED) is 0.625. The molecule has 0 fully saturated rings. The third-order valence-electron chi connectivity index (χ3n) is 4.03. The number of carboxylic acid groups (broad SMARTS) is 1. The normalized spacial score (nSPS) is 16.0. The van der Waals surface area contributed by atoms with Crippen molar-refractivity contribution in [3.8, 4) is 0 Å². The van der Waals surface area contributed by atoms with Crippen molar-refractivity contribution >= 4 is 23.9 Å². The number of carbonyl (C=O) groups is 3. The molecule has 0 aliphatic carbocycles. The average Bonchev–Trinajstić information content (AvgIpc) is 2.79. The highest BCUT2D eigenvalue weighted by atomic mass is 16.5. The van der Waals surface area contributed by atoms with E-state index < -0.39 is 11.9 Å². The fourth-order valence-electron chi connectivity index (χ4n) is 2.89. The van der Waals surface area contributed by atoms with Crippen LogP contribution in [0.5, 0.6) is 0 Å². The van der Waals surface area contributed by atoms with Gasteiger partial charge < -0.3 is 14.7 Å². The molecule has 0 saturated heterocycles. The lowest BCUT2D eigenvalue weighted by Crippen LogP contribution is -2.29. The Morgan fingerprint density at radius 1 is 1.27 bits per heavy atom. The first-order chi connectivity index (χ1) is 12.3.